The summed E-state index contributed by atoms with van der Waals surface area (Å²) >= 11 is 0. The number of hydrogen-bond donors (Lipinski definition) is 1. The van der Waals surface area contributed by atoms with Crippen LogP contribution in [0.3, 0.4) is 0 Å². The fraction of sp³-hybridized carbons (Fsp3) is 0.450. The monoisotopic (exact) mass is 500 g/mol. The van der Waals surface area contributed by atoms with Crippen molar-refractivity contribution in [3.63, 3.8) is 0 Å². The van der Waals surface area contributed by atoms with Crippen molar-refractivity contribution in [3.8, 4) is 0 Å². The fourth-order valence-corrected chi connectivity index (χ4v) is 7.02. The van der Waals surface area contributed by atoms with Gasteiger partial charge in [0.25, 0.3) is 0 Å². The SMILES string of the molecule is O=S(=O)(c1ccc(F)cc1)C12CCNC1CCc1cc(C(F)(C(F)(F)F)C(F)(F)F)cnc12. The van der Waals surface area contributed by atoms with Crippen molar-refractivity contribution in [2.45, 2.75) is 53.0 Å². The van der Waals surface area contributed by atoms with Gasteiger partial charge in [-0.15, -0.1) is 0 Å². The van der Waals surface area contributed by atoms with Gasteiger partial charge >= 0.3 is 18.0 Å². The Kier molecular flexibility index (Phi) is 5.32. The molecule has 0 amide bonds. The summed E-state index contributed by atoms with van der Waals surface area (Å²) in [6.07, 6.45) is -12.7. The number of aromatic nitrogens is 1. The summed E-state index contributed by atoms with van der Waals surface area (Å²) in [5.74, 6) is -0.696. The summed E-state index contributed by atoms with van der Waals surface area (Å²) in [5.41, 5.74) is -7.88. The highest BCUT2D eigenvalue weighted by atomic mass is 32.2. The molecule has 1 saturated heterocycles. The molecule has 2 heterocycles. The predicted molar refractivity (Wildman–Crippen MR) is 99.1 cm³/mol. The van der Waals surface area contributed by atoms with Gasteiger partial charge in [-0.1, -0.05) is 0 Å². The largest absolute Gasteiger partial charge is 0.436 e. The van der Waals surface area contributed by atoms with Gasteiger partial charge in [0.1, 0.15) is 10.6 Å². The Hall–Kier alpha value is -2.28. The number of rotatable bonds is 3. The third-order valence-corrected chi connectivity index (χ3v) is 8.84. The molecule has 33 heavy (non-hydrogen) atoms. The summed E-state index contributed by atoms with van der Waals surface area (Å²) in [7, 11) is -4.33. The first-order valence-electron chi connectivity index (χ1n) is 9.72. The molecule has 4 nitrogen and oxygen atoms in total. The van der Waals surface area contributed by atoms with Crippen molar-refractivity contribution in [1.29, 1.82) is 0 Å². The molecule has 0 saturated carbocycles. The number of aryl methyl sites for hydroxylation is 1. The maximum atomic E-state index is 14.6. The van der Waals surface area contributed by atoms with E-state index in [9.17, 15) is 43.5 Å². The minimum atomic E-state index is -6.31. The number of halogens is 8. The lowest BCUT2D eigenvalue weighted by Crippen LogP contribution is -2.52. The normalized spacial score (nSPS) is 23.8. The number of fused-ring (bicyclic) bond motifs is 3. The highest BCUT2D eigenvalue weighted by molar-refractivity contribution is 7.92. The van der Waals surface area contributed by atoms with Gasteiger partial charge in [-0.2, -0.15) is 26.3 Å². The van der Waals surface area contributed by atoms with E-state index < -0.39 is 50.0 Å². The summed E-state index contributed by atoms with van der Waals surface area (Å²) in [5, 5.41) is 2.99. The second-order valence-corrected chi connectivity index (χ2v) is 10.2. The first-order valence-corrected chi connectivity index (χ1v) is 11.2. The number of alkyl halides is 7. The van der Waals surface area contributed by atoms with Crippen LogP contribution in [0.2, 0.25) is 0 Å². The Morgan fingerprint density at radius 2 is 1.61 bits per heavy atom. The molecule has 2 aliphatic rings. The Bertz CT molecular complexity index is 1160. The van der Waals surface area contributed by atoms with Crippen molar-refractivity contribution < 1.29 is 43.5 Å². The van der Waals surface area contributed by atoms with Crippen molar-refractivity contribution in [1.82, 2.24) is 10.3 Å². The van der Waals surface area contributed by atoms with Gasteiger partial charge in [-0.3, -0.25) is 4.98 Å². The molecule has 4 rings (SSSR count). The molecule has 1 aromatic heterocycles. The molecule has 1 fully saturated rings. The number of nitrogens with zero attached hydrogens (tertiary/aromatic N) is 1. The molecular weight excluding hydrogens is 484 g/mol. The molecule has 2 aromatic rings. The molecule has 180 valence electrons. The minimum Gasteiger partial charge on any atom is -0.312 e. The van der Waals surface area contributed by atoms with Crippen molar-refractivity contribution in [3.05, 3.63) is 59.2 Å². The molecule has 1 aromatic carbocycles. The van der Waals surface area contributed by atoms with E-state index in [0.717, 1.165) is 24.3 Å². The van der Waals surface area contributed by atoms with Crippen LogP contribution in [-0.4, -0.2) is 38.3 Å². The van der Waals surface area contributed by atoms with E-state index in [1.54, 1.807) is 0 Å². The average Bonchev–Trinajstić information content (AvgIpc) is 3.17. The Labute approximate surface area is 182 Å². The van der Waals surface area contributed by atoms with E-state index >= 15 is 0 Å². The Morgan fingerprint density at radius 3 is 2.18 bits per heavy atom. The van der Waals surface area contributed by atoms with E-state index in [-0.39, 0.29) is 48.2 Å². The summed E-state index contributed by atoms with van der Waals surface area (Å²) in [6, 6.07) is 3.56. The number of nitrogens with one attached hydrogen (secondary N) is 1. The lowest BCUT2D eigenvalue weighted by atomic mass is 9.80. The third-order valence-electron chi connectivity index (χ3n) is 6.30. The predicted octanol–water partition coefficient (Wildman–Crippen LogP) is 4.49. The van der Waals surface area contributed by atoms with Crippen LogP contribution in [0.15, 0.2) is 41.4 Å². The van der Waals surface area contributed by atoms with E-state index in [0.29, 0.717) is 6.07 Å². The molecule has 1 N–H and O–H groups in total. The zero-order valence-corrected chi connectivity index (χ0v) is 17.4. The van der Waals surface area contributed by atoms with Gasteiger partial charge in [-0.05, 0) is 61.7 Å². The molecule has 0 radical (unpaired) electrons. The molecule has 13 heteroatoms. The summed E-state index contributed by atoms with van der Waals surface area (Å²) in [6.45, 7) is 0.187. The lowest BCUT2D eigenvalue weighted by molar-refractivity contribution is -0.348. The molecule has 1 aliphatic carbocycles. The van der Waals surface area contributed by atoms with Crippen LogP contribution in [0.1, 0.15) is 29.7 Å². The summed E-state index contributed by atoms with van der Waals surface area (Å²) in [4.78, 5) is 3.43. The second-order valence-electron chi connectivity index (χ2n) is 8.03. The molecule has 2 unspecified atom stereocenters. The van der Waals surface area contributed by atoms with E-state index in [2.05, 4.69) is 10.3 Å². The first kappa shape index (κ1) is 23.9. The molecule has 2 atom stereocenters. The minimum absolute atomic E-state index is 0.0515. The van der Waals surface area contributed by atoms with E-state index in [1.807, 2.05) is 0 Å². The van der Waals surface area contributed by atoms with Crippen LogP contribution >= 0.6 is 0 Å². The maximum absolute atomic E-state index is 14.6. The zero-order chi connectivity index (χ0) is 24.4. The topological polar surface area (TPSA) is 59.1 Å². The first-order chi connectivity index (χ1) is 15.2. The highest BCUT2D eigenvalue weighted by Crippen LogP contribution is 2.55. The Morgan fingerprint density at radius 1 is 1.00 bits per heavy atom. The molecular formula is C20H16F8N2O2S. The zero-order valence-electron chi connectivity index (χ0n) is 16.6. The van der Waals surface area contributed by atoms with Crippen molar-refractivity contribution in [2.75, 3.05) is 6.54 Å². The van der Waals surface area contributed by atoms with Crippen molar-refractivity contribution in [2.24, 2.45) is 0 Å². The van der Waals surface area contributed by atoms with Crippen LogP contribution in [-0.2, 0) is 26.7 Å². The quantitative estimate of drug-likeness (QED) is 0.499. The number of hydrogen-bond acceptors (Lipinski definition) is 4. The summed E-state index contributed by atoms with van der Waals surface area (Å²) < 4.78 is 132. The van der Waals surface area contributed by atoms with Gasteiger partial charge in [0, 0.05) is 17.8 Å². The third kappa shape index (κ3) is 3.26. The standard InChI is InChI=1S/C20H16F8N2O2S/c21-13-2-4-14(5-3-13)33(31,32)17-7-8-29-15(17)6-1-11-9-12(10-30-16(11)17)18(22,19(23,24)25)20(26,27)28/h2-5,9-10,15,29H,1,6-8H2. The van der Waals surface area contributed by atoms with Gasteiger partial charge < -0.3 is 5.32 Å². The number of pyridine rings is 1. The van der Waals surface area contributed by atoms with Gasteiger partial charge in [0.05, 0.1) is 10.6 Å². The highest BCUT2D eigenvalue weighted by Gasteiger charge is 2.74. The van der Waals surface area contributed by atoms with Crippen LogP contribution in [0.4, 0.5) is 35.1 Å². The molecule has 0 bridgehead atoms. The second kappa shape index (κ2) is 7.36. The molecule has 0 spiro atoms. The van der Waals surface area contributed by atoms with Crippen molar-refractivity contribution >= 4 is 9.84 Å². The van der Waals surface area contributed by atoms with E-state index in [1.165, 1.54) is 0 Å². The van der Waals surface area contributed by atoms with Crippen LogP contribution < -0.4 is 5.32 Å². The van der Waals surface area contributed by atoms with E-state index in [4.69, 9.17) is 0 Å². The Balaban J connectivity index is 1.92. The van der Waals surface area contributed by atoms with Gasteiger partial charge in [0.15, 0.2) is 9.84 Å². The smallest absolute Gasteiger partial charge is 0.312 e. The lowest BCUT2D eigenvalue weighted by Gasteiger charge is -2.39. The average molecular weight is 500 g/mol. The van der Waals surface area contributed by atoms with Crippen LogP contribution in [0.25, 0.3) is 0 Å². The van der Waals surface area contributed by atoms with Gasteiger partial charge in [0.2, 0.25) is 0 Å². The van der Waals surface area contributed by atoms with Gasteiger partial charge in [-0.25, -0.2) is 17.2 Å². The van der Waals surface area contributed by atoms with Crippen LogP contribution in [0, 0.1) is 5.82 Å². The maximum Gasteiger partial charge on any atom is 0.436 e. The number of sulfone groups is 1. The fourth-order valence-electron chi connectivity index (χ4n) is 4.72. The molecule has 1 aliphatic heterocycles. The number of benzene rings is 1. The van der Waals surface area contributed by atoms with Crippen LogP contribution in [0.5, 0.6) is 0 Å².